The Morgan fingerprint density at radius 3 is 2.40 bits per heavy atom. The first-order valence-corrected chi connectivity index (χ1v) is 6.03. The number of nitrogens with zero attached hydrogens (tertiary/aromatic N) is 1. The molecule has 0 aromatic heterocycles. The van der Waals surface area contributed by atoms with Crippen LogP contribution in [0.5, 0.6) is 0 Å². The molecule has 0 aromatic carbocycles. The predicted octanol–water partition coefficient (Wildman–Crippen LogP) is 3.28. The lowest BCUT2D eigenvalue weighted by atomic mass is 9.88. The van der Waals surface area contributed by atoms with E-state index in [0.29, 0.717) is 18.3 Å². The molecule has 1 fully saturated rings. The van der Waals surface area contributed by atoms with E-state index in [0.717, 1.165) is 6.42 Å². The zero-order valence-electron chi connectivity index (χ0n) is 10.2. The Labute approximate surface area is 92.9 Å². The van der Waals surface area contributed by atoms with Crippen LogP contribution in [0, 0.1) is 16.7 Å². The molecule has 2 N–H and O–H groups in total. The largest absolute Gasteiger partial charge is 0.287 e. The van der Waals surface area contributed by atoms with Gasteiger partial charge in [0.05, 0.1) is 0 Å². The second-order valence-corrected chi connectivity index (χ2v) is 5.32. The highest BCUT2D eigenvalue weighted by atomic mass is 16.5. The van der Waals surface area contributed by atoms with Crippen LogP contribution >= 0.6 is 0 Å². The first-order chi connectivity index (χ1) is 6.97. The van der Waals surface area contributed by atoms with Crippen molar-refractivity contribution in [2.24, 2.45) is 11.3 Å². The van der Waals surface area contributed by atoms with Crippen molar-refractivity contribution in [2.75, 3.05) is 6.54 Å². The Bertz CT molecular complexity index is 220. The Morgan fingerprint density at radius 1 is 1.40 bits per heavy atom. The minimum Gasteiger partial charge on any atom is -0.287 e. The SMILES string of the molecule is CCC(C)(C)C(=N)N(O)CC1CCCC1. The molecule has 0 amide bonds. The van der Waals surface area contributed by atoms with Crippen molar-refractivity contribution in [3.8, 4) is 0 Å². The molecule has 1 rings (SSSR count). The fraction of sp³-hybridized carbons (Fsp3) is 0.917. The van der Waals surface area contributed by atoms with Crippen LogP contribution in [0.3, 0.4) is 0 Å². The normalized spacial score (nSPS) is 18.1. The van der Waals surface area contributed by atoms with Gasteiger partial charge in [-0.1, -0.05) is 33.6 Å². The van der Waals surface area contributed by atoms with E-state index in [1.54, 1.807) is 0 Å². The molecule has 0 spiro atoms. The number of rotatable bonds is 4. The molecule has 1 aliphatic carbocycles. The quantitative estimate of drug-likeness (QED) is 0.427. The summed E-state index contributed by atoms with van der Waals surface area (Å²) < 4.78 is 0. The molecule has 1 saturated carbocycles. The molecular formula is C12H24N2O. The Morgan fingerprint density at radius 2 is 1.93 bits per heavy atom. The van der Waals surface area contributed by atoms with E-state index in [1.807, 2.05) is 13.8 Å². The Hall–Kier alpha value is -0.570. The first-order valence-electron chi connectivity index (χ1n) is 6.03. The Kier molecular flexibility index (Phi) is 4.14. The third-order valence-corrected chi connectivity index (χ3v) is 3.69. The summed E-state index contributed by atoms with van der Waals surface area (Å²) >= 11 is 0. The lowest BCUT2D eigenvalue weighted by Crippen LogP contribution is -2.40. The molecule has 0 bridgehead atoms. The van der Waals surface area contributed by atoms with Gasteiger partial charge in [0.2, 0.25) is 0 Å². The average molecular weight is 212 g/mol. The first kappa shape index (κ1) is 12.5. The third-order valence-electron chi connectivity index (χ3n) is 3.69. The van der Waals surface area contributed by atoms with E-state index in [1.165, 1.54) is 30.7 Å². The van der Waals surface area contributed by atoms with Crippen molar-refractivity contribution in [2.45, 2.75) is 52.9 Å². The van der Waals surface area contributed by atoms with Gasteiger partial charge >= 0.3 is 0 Å². The fourth-order valence-electron chi connectivity index (χ4n) is 2.05. The average Bonchev–Trinajstić information content (AvgIpc) is 2.69. The summed E-state index contributed by atoms with van der Waals surface area (Å²) in [5, 5.41) is 19.0. The van der Waals surface area contributed by atoms with E-state index in [4.69, 9.17) is 5.41 Å². The van der Waals surface area contributed by atoms with Gasteiger partial charge in [-0.2, -0.15) is 0 Å². The number of hydroxylamine groups is 2. The lowest BCUT2D eigenvalue weighted by Gasteiger charge is -2.31. The summed E-state index contributed by atoms with van der Waals surface area (Å²) in [7, 11) is 0. The van der Waals surface area contributed by atoms with Gasteiger partial charge in [-0.3, -0.25) is 10.6 Å². The van der Waals surface area contributed by atoms with E-state index >= 15 is 0 Å². The molecule has 0 saturated heterocycles. The van der Waals surface area contributed by atoms with Crippen LogP contribution in [0.1, 0.15) is 52.9 Å². The van der Waals surface area contributed by atoms with Crippen LogP contribution < -0.4 is 0 Å². The summed E-state index contributed by atoms with van der Waals surface area (Å²) in [6, 6.07) is 0. The van der Waals surface area contributed by atoms with Gasteiger partial charge < -0.3 is 0 Å². The van der Waals surface area contributed by atoms with E-state index in [2.05, 4.69) is 6.92 Å². The monoisotopic (exact) mass is 212 g/mol. The topological polar surface area (TPSA) is 47.3 Å². The number of hydrogen-bond donors (Lipinski definition) is 2. The maximum atomic E-state index is 9.85. The van der Waals surface area contributed by atoms with E-state index in [9.17, 15) is 5.21 Å². The standard InChI is InChI=1S/C12H24N2O/c1-4-12(2,3)11(13)14(15)9-10-7-5-6-8-10/h10,13,15H,4-9H2,1-3H3. The van der Waals surface area contributed by atoms with E-state index in [-0.39, 0.29) is 5.41 Å². The number of amidine groups is 1. The molecule has 0 aliphatic heterocycles. The summed E-state index contributed by atoms with van der Waals surface area (Å²) in [6.07, 6.45) is 5.85. The van der Waals surface area contributed by atoms with Crippen molar-refractivity contribution in [1.29, 1.82) is 5.41 Å². The second-order valence-electron chi connectivity index (χ2n) is 5.32. The highest BCUT2D eigenvalue weighted by Crippen LogP contribution is 2.28. The van der Waals surface area contributed by atoms with Gasteiger partial charge in [-0.15, -0.1) is 0 Å². The summed E-state index contributed by atoms with van der Waals surface area (Å²) in [5.41, 5.74) is -0.215. The Balaban J connectivity index is 2.45. The minimum atomic E-state index is -0.215. The number of hydrogen-bond acceptors (Lipinski definition) is 2. The molecule has 1 aliphatic rings. The van der Waals surface area contributed by atoms with Crippen molar-refractivity contribution in [1.82, 2.24) is 5.06 Å². The van der Waals surface area contributed by atoms with Gasteiger partial charge in [0.15, 0.2) is 0 Å². The summed E-state index contributed by atoms with van der Waals surface area (Å²) in [5.74, 6) is 0.944. The van der Waals surface area contributed by atoms with Crippen LogP contribution in [-0.4, -0.2) is 22.7 Å². The smallest absolute Gasteiger partial charge is 0.126 e. The second kappa shape index (κ2) is 4.97. The van der Waals surface area contributed by atoms with Crippen LogP contribution in [-0.2, 0) is 0 Å². The highest BCUT2D eigenvalue weighted by molar-refractivity contribution is 5.83. The molecule has 88 valence electrons. The zero-order chi connectivity index (χ0) is 11.5. The van der Waals surface area contributed by atoms with Crippen molar-refractivity contribution in [3.05, 3.63) is 0 Å². The zero-order valence-corrected chi connectivity index (χ0v) is 10.2. The highest BCUT2D eigenvalue weighted by Gasteiger charge is 2.28. The lowest BCUT2D eigenvalue weighted by molar-refractivity contribution is -0.0372. The summed E-state index contributed by atoms with van der Waals surface area (Å²) in [4.78, 5) is 0. The molecule has 3 heteroatoms. The predicted molar refractivity (Wildman–Crippen MR) is 62.2 cm³/mol. The molecule has 0 aromatic rings. The van der Waals surface area contributed by atoms with Crippen LogP contribution in [0.15, 0.2) is 0 Å². The van der Waals surface area contributed by atoms with Crippen molar-refractivity contribution < 1.29 is 5.21 Å². The minimum absolute atomic E-state index is 0.215. The van der Waals surface area contributed by atoms with Crippen LogP contribution in [0.2, 0.25) is 0 Å². The molecule has 15 heavy (non-hydrogen) atoms. The third kappa shape index (κ3) is 3.20. The van der Waals surface area contributed by atoms with Crippen LogP contribution in [0.4, 0.5) is 0 Å². The van der Waals surface area contributed by atoms with Crippen molar-refractivity contribution >= 4 is 5.84 Å². The van der Waals surface area contributed by atoms with Gasteiger partial charge in [0.25, 0.3) is 0 Å². The van der Waals surface area contributed by atoms with E-state index < -0.39 is 0 Å². The molecule has 3 nitrogen and oxygen atoms in total. The van der Waals surface area contributed by atoms with Gasteiger partial charge in [-0.25, -0.2) is 5.06 Å². The van der Waals surface area contributed by atoms with Gasteiger partial charge in [0, 0.05) is 12.0 Å². The summed E-state index contributed by atoms with van der Waals surface area (Å²) in [6.45, 7) is 6.71. The van der Waals surface area contributed by atoms with Gasteiger partial charge in [0.1, 0.15) is 5.84 Å². The maximum Gasteiger partial charge on any atom is 0.126 e. The van der Waals surface area contributed by atoms with Crippen LogP contribution in [0.25, 0.3) is 0 Å². The molecular weight excluding hydrogens is 188 g/mol. The molecule has 0 heterocycles. The fourth-order valence-corrected chi connectivity index (χ4v) is 2.05. The van der Waals surface area contributed by atoms with Crippen molar-refractivity contribution in [3.63, 3.8) is 0 Å². The maximum absolute atomic E-state index is 9.85. The number of nitrogens with one attached hydrogen (secondary N) is 1. The van der Waals surface area contributed by atoms with Gasteiger partial charge in [-0.05, 0) is 25.2 Å². The molecule has 0 radical (unpaired) electrons. The molecule has 0 unspecified atom stereocenters. The molecule has 0 atom stereocenters.